The van der Waals surface area contributed by atoms with Gasteiger partial charge in [0.2, 0.25) is 0 Å². The summed E-state index contributed by atoms with van der Waals surface area (Å²) in [7, 11) is 4.58. The SMILES string of the molecule is COc1ccc(NC2=C(c3ccccc3)C(=O)N(c3ccccc3OC)C2=O)cc1OC. The molecule has 0 atom stereocenters. The molecule has 7 heteroatoms. The molecule has 0 aliphatic carbocycles. The Morgan fingerprint density at radius 1 is 0.688 bits per heavy atom. The van der Waals surface area contributed by atoms with Crippen LogP contribution >= 0.6 is 0 Å². The van der Waals surface area contributed by atoms with E-state index in [9.17, 15) is 9.59 Å². The van der Waals surface area contributed by atoms with E-state index in [0.717, 1.165) is 4.90 Å². The first-order valence-electron chi connectivity index (χ1n) is 9.89. The maximum absolute atomic E-state index is 13.5. The zero-order valence-electron chi connectivity index (χ0n) is 17.9. The average Bonchev–Trinajstić information content (AvgIpc) is 3.08. The van der Waals surface area contributed by atoms with Gasteiger partial charge >= 0.3 is 0 Å². The van der Waals surface area contributed by atoms with Crippen LogP contribution in [-0.4, -0.2) is 33.1 Å². The number of nitrogens with one attached hydrogen (secondary N) is 1. The lowest BCUT2D eigenvalue weighted by Crippen LogP contribution is -2.32. The molecule has 2 amide bonds. The van der Waals surface area contributed by atoms with Gasteiger partial charge in [-0.15, -0.1) is 0 Å². The van der Waals surface area contributed by atoms with E-state index in [1.807, 2.05) is 18.2 Å². The van der Waals surface area contributed by atoms with Gasteiger partial charge in [0.05, 0.1) is 32.6 Å². The Bertz CT molecular complexity index is 1200. The fourth-order valence-electron chi connectivity index (χ4n) is 3.61. The monoisotopic (exact) mass is 430 g/mol. The van der Waals surface area contributed by atoms with Gasteiger partial charge in [-0.1, -0.05) is 42.5 Å². The first-order chi connectivity index (χ1) is 15.6. The number of imide groups is 1. The first-order valence-corrected chi connectivity index (χ1v) is 9.89. The van der Waals surface area contributed by atoms with Gasteiger partial charge < -0.3 is 19.5 Å². The topological polar surface area (TPSA) is 77.1 Å². The summed E-state index contributed by atoms with van der Waals surface area (Å²) < 4.78 is 16.0. The summed E-state index contributed by atoms with van der Waals surface area (Å²) in [6, 6.07) is 21.2. The highest BCUT2D eigenvalue weighted by molar-refractivity contribution is 6.46. The van der Waals surface area contributed by atoms with Crippen molar-refractivity contribution in [3.8, 4) is 17.2 Å². The number of carbonyl (C=O) groups excluding carboxylic acids is 2. The Hall–Kier alpha value is -4.26. The Labute approximate surface area is 185 Å². The molecule has 0 fully saturated rings. The van der Waals surface area contributed by atoms with E-state index in [-0.39, 0.29) is 11.3 Å². The van der Waals surface area contributed by atoms with Crippen molar-refractivity contribution in [2.75, 3.05) is 31.5 Å². The summed E-state index contributed by atoms with van der Waals surface area (Å²) in [5, 5.41) is 3.12. The lowest BCUT2D eigenvalue weighted by molar-refractivity contribution is -0.120. The Balaban J connectivity index is 1.82. The van der Waals surface area contributed by atoms with Crippen LogP contribution in [-0.2, 0) is 9.59 Å². The van der Waals surface area contributed by atoms with Gasteiger partial charge in [0, 0.05) is 11.8 Å². The van der Waals surface area contributed by atoms with Crippen molar-refractivity contribution < 1.29 is 23.8 Å². The van der Waals surface area contributed by atoms with Crippen molar-refractivity contribution in [1.29, 1.82) is 0 Å². The van der Waals surface area contributed by atoms with E-state index < -0.39 is 11.8 Å². The van der Waals surface area contributed by atoms with E-state index in [1.54, 1.807) is 61.7 Å². The summed E-state index contributed by atoms with van der Waals surface area (Å²) in [4.78, 5) is 28.2. The zero-order chi connectivity index (χ0) is 22.7. The standard InChI is InChI=1S/C25H22N2O5/c1-30-19-12-8-7-11-18(19)27-24(28)22(16-9-5-4-6-10-16)23(25(27)29)26-17-13-14-20(31-2)21(15-17)32-3/h4-15,26H,1-3H3. The summed E-state index contributed by atoms with van der Waals surface area (Å²) in [6.45, 7) is 0. The van der Waals surface area contributed by atoms with E-state index in [0.29, 0.717) is 34.2 Å². The van der Waals surface area contributed by atoms with Crippen molar-refractivity contribution in [2.45, 2.75) is 0 Å². The molecule has 1 heterocycles. The van der Waals surface area contributed by atoms with E-state index in [4.69, 9.17) is 14.2 Å². The van der Waals surface area contributed by atoms with Crippen LogP contribution < -0.4 is 24.4 Å². The number of para-hydroxylation sites is 2. The number of carbonyl (C=O) groups is 2. The Morgan fingerprint density at radius 2 is 1.34 bits per heavy atom. The zero-order valence-corrected chi connectivity index (χ0v) is 17.9. The predicted octanol–water partition coefficient (Wildman–Crippen LogP) is 4.11. The molecule has 162 valence electrons. The molecule has 1 aliphatic heterocycles. The van der Waals surface area contributed by atoms with Crippen molar-refractivity contribution in [1.82, 2.24) is 0 Å². The molecular formula is C25H22N2O5. The van der Waals surface area contributed by atoms with Gasteiger partial charge in [0.25, 0.3) is 11.8 Å². The highest BCUT2D eigenvalue weighted by Crippen LogP contribution is 2.38. The van der Waals surface area contributed by atoms with Crippen LogP contribution in [0.15, 0.2) is 78.5 Å². The van der Waals surface area contributed by atoms with Gasteiger partial charge in [-0.05, 0) is 29.8 Å². The average molecular weight is 430 g/mol. The van der Waals surface area contributed by atoms with E-state index in [1.165, 1.54) is 14.2 Å². The molecule has 1 aliphatic rings. The molecule has 3 aromatic rings. The summed E-state index contributed by atoms with van der Waals surface area (Å²) in [5.74, 6) is 0.563. The third-order valence-electron chi connectivity index (χ3n) is 5.13. The van der Waals surface area contributed by atoms with Crippen molar-refractivity contribution >= 4 is 28.8 Å². The molecule has 0 radical (unpaired) electrons. The number of nitrogens with zero attached hydrogens (tertiary/aromatic N) is 1. The van der Waals surface area contributed by atoms with Gasteiger partial charge in [-0.25, -0.2) is 4.90 Å². The maximum Gasteiger partial charge on any atom is 0.282 e. The second-order valence-corrected chi connectivity index (χ2v) is 6.93. The highest BCUT2D eigenvalue weighted by Gasteiger charge is 2.41. The summed E-state index contributed by atoms with van der Waals surface area (Å²) >= 11 is 0. The highest BCUT2D eigenvalue weighted by atomic mass is 16.5. The molecular weight excluding hydrogens is 408 g/mol. The number of hydrogen-bond donors (Lipinski definition) is 1. The van der Waals surface area contributed by atoms with Crippen LogP contribution in [0, 0.1) is 0 Å². The molecule has 0 unspecified atom stereocenters. The first kappa shape index (κ1) is 21.0. The number of anilines is 2. The number of rotatable bonds is 7. The molecule has 4 rings (SSSR count). The van der Waals surface area contributed by atoms with Gasteiger partial charge in [0.15, 0.2) is 11.5 Å². The minimum Gasteiger partial charge on any atom is -0.495 e. The fraction of sp³-hybridized carbons (Fsp3) is 0.120. The van der Waals surface area contributed by atoms with E-state index in [2.05, 4.69) is 5.32 Å². The minimum atomic E-state index is -0.479. The summed E-state index contributed by atoms with van der Waals surface area (Å²) in [6.07, 6.45) is 0. The van der Waals surface area contributed by atoms with Crippen LogP contribution in [0.25, 0.3) is 5.57 Å². The molecule has 0 saturated carbocycles. The van der Waals surface area contributed by atoms with Crippen molar-refractivity contribution in [3.63, 3.8) is 0 Å². The van der Waals surface area contributed by atoms with Crippen LogP contribution in [0.4, 0.5) is 11.4 Å². The maximum atomic E-state index is 13.5. The number of ether oxygens (including phenoxy) is 3. The number of benzene rings is 3. The molecule has 32 heavy (non-hydrogen) atoms. The van der Waals surface area contributed by atoms with Gasteiger partial charge in [-0.2, -0.15) is 0 Å². The third-order valence-corrected chi connectivity index (χ3v) is 5.13. The second-order valence-electron chi connectivity index (χ2n) is 6.93. The quantitative estimate of drug-likeness (QED) is 0.569. The molecule has 7 nitrogen and oxygen atoms in total. The van der Waals surface area contributed by atoms with Crippen LogP contribution in [0.5, 0.6) is 17.2 Å². The predicted molar refractivity (Wildman–Crippen MR) is 122 cm³/mol. The van der Waals surface area contributed by atoms with Crippen molar-refractivity contribution in [3.05, 3.63) is 84.1 Å². The molecule has 1 N–H and O–H groups in total. The molecule has 0 spiro atoms. The normalized spacial score (nSPS) is 13.4. The smallest absolute Gasteiger partial charge is 0.282 e. The van der Waals surface area contributed by atoms with E-state index >= 15 is 0 Å². The van der Waals surface area contributed by atoms with Crippen LogP contribution in [0.3, 0.4) is 0 Å². The molecule has 0 bridgehead atoms. The lowest BCUT2D eigenvalue weighted by atomic mass is 10.0. The number of methoxy groups -OCH3 is 3. The largest absolute Gasteiger partial charge is 0.495 e. The second kappa shape index (κ2) is 8.85. The Morgan fingerprint density at radius 3 is 2.03 bits per heavy atom. The minimum absolute atomic E-state index is 0.166. The lowest BCUT2D eigenvalue weighted by Gasteiger charge is -2.18. The molecule has 0 aromatic heterocycles. The van der Waals surface area contributed by atoms with Gasteiger partial charge in [0.1, 0.15) is 11.4 Å². The Kier molecular flexibility index (Phi) is 5.81. The van der Waals surface area contributed by atoms with Crippen LogP contribution in [0.2, 0.25) is 0 Å². The van der Waals surface area contributed by atoms with Crippen molar-refractivity contribution in [2.24, 2.45) is 0 Å². The summed E-state index contributed by atoms with van der Waals surface area (Å²) in [5.41, 5.74) is 2.03. The third kappa shape index (κ3) is 3.65. The number of hydrogen-bond acceptors (Lipinski definition) is 6. The van der Waals surface area contributed by atoms with Gasteiger partial charge in [-0.3, -0.25) is 9.59 Å². The number of amides is 2. The molecule has 3 aromatic carbocycles. The fourth-order valence-corrected chi connectivity index (χ4v) is 3.61. The molecule has 0 saturated heterocycles. The van der Waals surface area contributed by atoms with Crippen LogP contribution in [0.1, 0.15) is 5.56 Å².